The maximum atomic E-state index is 11.3. The number of nitrogens with one attached hydrogen (secondary N) is 2. The number of carbonyl (C=O) groups is 2. The molecule has 0 aromatic heterocycles. The summed E-state index contributed by atoms with van der Waals surface area (Å²) in [7, 11) is 0. The molecule has 0 unspecified atom stereocenters. The molecule has 2 rings (SSSR count). The molecular formula is C11H19N5O2. The van der Waals surface area contributed by atoms with Crippen molar-refractivity contribution in [1.29, 1.82) is 0 Å². The molecule has 18 heavy (non-hydrogen) atoms. The van der Waals surface area contributed by atoms with E-state index in [9.17, 15) is 9.59 Å². The van der Waals surface area contributed by atoms with E-state index in [1.165, 1.54) is 12.8 Å². The summed E-state index contributed by atoms with van der Waals surface area (Å²) in [4.78, 5) is 27.8. The smallest absolute Gasteiger partial charge is 0.324 e. The lowest BCUT2D eigenvalue weighted by atomic mass is 10.2. The number of nitrogens with two attached hydrogens (primary N) is 1. The number of urea groups is 1. The van der Waals surface area contributed by atoms with E-state index in [0.29, 0.717) is 18.5 Å². The van der Waals surface area contributed by atoms with Crippen LogP contribution in [0.25, 0.3) is 0 Å². The zero-order valence-electron chi connectivity index (χ0n) is 10.3. The molecule has 7 nitrogen and oxygen atoms in total. The number of nitrogens with zero attached hydrogens (tertiary/aromatic N) is 2. The Balaban J connectivity index is 1.72. The van der Waals surface area contributed by atoms with Gasteiger partial charge < -0.3 is 16.4 Å². The summed E-state index contributed by atoms with van der Waals surface area (Å²) in [5.41, 5.74) is 5.74. The second-order valence-corrected chi connectivity index (χ2v) is 4.60. The molecule has 7 heteroatoms. The highest BCUT2D eigenvalue weighted by Gasteiger charge is 2.27. The Kier molecular flexibility index (Phi) is 4.01. The summed E-state index contributed by atoms with van der Waals surface area (Å²) >= 11 is 0. The van der Waals surface area contributed by atoms with Crippen molar-refractivity contribution in [2.45, 2.75) is 31.7 Å². The Morgan fingerprint density at radius 3 is 2.78 bits per heavy atom. The van der Waals surface area contributed by atoms with Gasteiger partial charge in [0.25, 0.3) is 0 Å². The van der Waals surface area contributed by atoms with Crippen molar-refractivity contribution < 1.29 is 9.59 Å². The molecule has 1 saturated heterocycles. The zero-order valence-corrected chi connectivity index (χ0v) is 10.3. The first-order chi connectivity index (χ1) is 8.66. The third kappa shape index (κ3) is 3.12. The number of carbonyl (C=O) groups excluding carboxylic acids is 2. The second-order valence-electron chi connectivity index (χ2n) is 4.60. The fraction of sp³-hybridized carbons (Fsp3) is 0.727. The number of imide groups is 1. The fourth-order valence-electron chi connectivity index (χ4n) is 2.28. The molecule has 0 aromatic carbocycles. The second kappa shape index (κ2) is 5.70. The van der Waals surface area contributed by atoms with Gasteiger partial charge in [0.15, 0.2) is 5.96 Å². The largest absolute Gasteiger partial charge is 0.370 e. The van der Waals surface area contributed by atoms with Crippen LogP contribution in [0.3, 0.4) is 0 Å². The van der Waals surface area contributed by atoms with Gasteiger partial charge in [0.1, 0.15) is 0 Å². The van der Waals surface area contributed by atoms with Crippen molar-refractivity contribution in [3.05, 3.63) is 0 Å². The van der Waals surface area contributed by atoms with Gasteiger partial charge in [-0.25, -0.2) is 4.79 Å². The molecule has 3 amide bonds. The van der Waals surface area contributed by atoms with Crippen LogP contribution in [0.1, 0.15) is 25.7 Å². The number of guanidine groups is 1. The lowest BCUT2D eigenvalue weighted by Gasteiger charge is -2.13. The van der Waals surface area contributed by atoms with Crippen LogP contribution in [-0.4, -0.2) is 48.5 Å². The predicted molar refractivity (Wildman–Crippen MR) is 67.0 cm³/mol. The van der Waals surface area contributed by atoms with E-state index >= 15 is 0 Å². The van der Waals surface area contributed by atoms with Gasteiger partial charge in [0.05, 0.1) is 19.6 Å². The van der Waals surface area contributed by atoms with E-state index in [2.05, 4.69) is 15.6 Å². The lowest BCUT2D eigenvalue weighted by Crippen LogP contribution is -2.39. The number of rotatable bonds is 4. The van der Waals surface area contributed by atoms with Crippen LogP contribution < -0.4 is 16.4 Å². The van der Waals surface area contributed by atoms with Crippen molar-refractivity contribution in [3.8, 4) is 0 Å². The summed E-state index contributed by atoms with van der Waals surface area (Å²) < 4.78 is 0. The van der Waals surface area contributed by atoms with Crippen LogP contribution in [-0.2, 0) is 4.79 Å². The average molecular weight is 253 g/mol. The highest BCUT2D eigenvalue weighted by atomic mass is 16.2. The monoisotopic (exact) mass is 253 g/mol. The Labute approximate surface area is 106 Å². The SMILES string of the molecule is NC(=NCCN1C(=O)CNC1=O)NC1CCCC1. The van der Waals surface area contributed by atoms with Gasteiger partial charge >= 0.3 is 6.03 Å². The van der Waals surface area contributed by atoms with Gasteiger partial charge in [-0.15, -0.1) is 0 Å². The summed E-state index contributed by atoms with van der Waals surface area (Å²) in [6, 6.07) is 0.0722. The zero-order chi connectivity index (χ0) is 13.0. The van der Waals surface area contributed by atoms with E-state index in [0.717, 1.165) is 17.7 Å². The van der Waals surface area contributed by atoms with Crippen molar-refractivity contribution in [2.75, 3.05) is 19.6 Å². The molecule has 1 aliphatic heterocycles. The van der Waals surface area contributed by atoms with Crippen LogP contribution in [0.4, 0.5) is 4.79 Å². The molecule has 0 aromatic rings. The van der Waals surface area contributed by atoms with Crippen molar-refractivity contribution in [2.24, 2.45) is 10.7 Å². The van der Waals surface area contributed by atoms with Crippen molar-refractivity contribution >= 4 is 17.9 Å². The third-order valence-electron chi connectivity index (χ3n) is 3.25. The number of hydrogen-bond donors (Lipinski definition) is 3. The van der Waals surface area contributed by atoms with Crippen LogP contribution in [0.15, 0.2) is 4.99 Å². The van der Waals surface area contributed by atoms with Crippen LogP contribution in [0.5, 0.6) is 0 Å². The minimum absolute atomic E-state index is 0.0817. The van der Waals surface area contributed by atoms with E-state index in [4.69, 9.17) is 5.73 Å². The molecule has 0 spiro atoms. The molecule has 2 aliphatic rings. The summed E-state index contributed by atoms with van der Waals surface area (Å²) in [5.74, 6) is 0.187. The van der Waals surface area contributed by atoms with Gasteiger partial charge in [-0.1, -0.05) is 12.8 Å². The first-order valence-electron chi connectivity index (χ1n) is 6.31. The highest BCUT2D eigenvalue weighted by Crippen LogP contribution is 2.17. The highest BCUT2D eigenvalue weighted by molar-refractivity contribution is 6.01. The van der Waals surface area contributed by atoms with Gasteiger partial charge in [-0.2, -0.15) is 0 Å². The van der Waals surface area contributed by atoms with E-state index in [-0.39, 0.29) is 25.0 Å². The molecule has 1 heterocycles. The molecule has 1 aliphatic carbocycles. The quantitative estimate of drug-likeness (QED) is 0.353. The molecule has 4 N–H and O–H groups in total. The summed E-state index contributed by atoms with van der Waals surface area (Å²) in [6.45, 7) is 0.695. The topological polar surface area (TPSA) is 99.8 Å². The Morgan fingerprint density at radius 2 is 2.17 bits per heavy atom. The molecule has 0 radical (unpaired) electrons. The standard InChI is InChI=1S/C11H19N5O2/c12-10(15-8-3-1-2-4-8)13-5-6-16-9(17)7-14-11(16)18/h8H,1-7H2,(H,14,18)(H3,12,13,15). The first kappa shape index (κ1) is 12.7. The van der Waals surface area contributed by atoms with Crippen molar-refractivity contribution in [1.82, 2.24) is 15.5 Å². The van der Waals surface area contributed by atoms with Gasteiger partial charge in [-0.3, -0.25) is 14.7 Å². The molecule has 100 valence electrons. The molecule has 2 fully saturated rings. The molecular weight excluding hydrogens is 234 g/mol. The summed E-state index contributed by atoms with van der Waals surface area (Å²) in [5, 5.41) is 5.61. The Hall–Kier alpha value is -1.79. The summed E-state index contributed by atoms with van der Waals surface area (Å²) in [6.07, 6.45) is 4.72. The van der Waals surface area contributed by atoms with Gasteiger partial charge in [0, 0.05) is 6.04 Å². The Bertz CT molecular complexity index is 346. The number of amides is 3. The normalized spacial score (nSPS) is 21.6. The first-order valence-corrected chi connectivity index (χ1v) is 6.31. The van der Waals surface area contributed by atoms with E-state index < -0.39 is 0 Å². The number of aliphatic imine (C=N–C) groups is 1. The minimum Gasteiger partial charge on any atom is -0.370 e. The van der Waals surface area contributed by atoms with Crippen molar-refractivity contribution in [3.63, 3.8) is 0 Å². The van der Waals surface area contributed by atoms with E-state index in [1.807, 2.05) is 0 Å². The molecule has 1 saturated carbocycles. The van der Waals surface area contributed by atoms with Crippen LogP contribution in [0, 0.1) is 0 Å². The third-order valence-corrected chi connectivity index (χ3v) is 3.25. The molecule has 0 atom stereocenters. The molecule has 0 bridgehead atoms. The minimum atomic E-state index is -0.350. The van der Waals surface area contributed by atoms with E-state index in [1.54, 1.807) is 0 Å². The predicted octanol–water partition coefficient (Wildman–Crippen LogP) is -0.615. The lowest BCUT2D eigenvalue weighted by molar-refractivity contribution is -0.124. The van der Waals surface area contributed by atoms with Crippen LogP contribution >= 0.6 is 0 Å². The maximum absolute atomic E-state index is 11.3. The average Bonchev–Trinajstić information content (AvgIpc) is 2.93. The van der Waals surface area contributed by atoms with Crippen LogP contribution in [0.2, 0.25) is 0 Å². The van der Waals surface area contributed by atoms with Gasteiger partial charge in [-0.05, 0) is 12.8 Å². The van der Waals surface area contributed by atoms with Gasteiger partial charge in [0.2, 0.25) is 5.91 Å². The fourth-order valence-corrected chi connectivity index (χ4v) is 2.28. The maximum Gasteiger partial charge on any atom is 0.324 e. The Morgan fingerprint density at radius 1 is 1.44 bits per heavy atom. The number of hydrogen-bond acceptors (Lipinski definition) is 3.